The van der Waals surface area contributed by atoms with E-state index in [1.165, 1.54) is 15.3 Å². The standard InChI is InChI=1S/C10H11NOS/c1-7(5-11)10-4-8-6-12-3-2-9(8)13-10/h4,7H,2-3,6H2,1H3. The molecule has 1 aliphatic rings. The third-order valence-electron chi connectivity index (χ3n) is 2.27. The second-order valence-corrected chi connectivity index (χ2v) is 4.42. The number of thiophene rings is 1. The molecule has 0 radical (unpaired) electrons. The maximum Gasteiger partial charge on any atom is 0.0778 e. The normalized spacial score (nSPS) is 17.5. The van der Waals surface area contributed by atoms with Gasteiger partial charge in [0.25, 0.3) is 0 Å². The van der Waals surface area contributed by atoms with Crippen LogP contribution < -0.4 is 0 Å². The molecule has 1 aromatic heterocycles. The van der Waals surface area contributed by atoms with Gasteiger partial charge in [0.15, 0.2) is 0 Å². The summed E-state index contributed by atoms with van der Waals surface area (Å²) in [6.45, 7) is 3.50. The minimum Gasteiger partial charge on any atom is -0.376 e. The lowest BCUT2D eigenvalue weighted by atomic mass is 10.1. The molecule has 68 valence electrons. The van der Waals surface area contributed by atoms with Crippen LogP contribution in [0.4, 0.5) is 0 Å². The Morgan fingerprint density at radius 1 is 1.69 bits per heavy atom. The maximum atomic E-state index is 8.77. The molecule has 0 saturated carbocycles. The zero-order valence-corrected chi connectivity index (χ0v) is 8.36. The van der Waals surface area contributed by atoms with Crippen LogP contribution in [0.5, 0.6) is 0 Å². The van der Waals surface area contributed by atoms with Crippen molar-refractivity contribution >= 4 is 11.3 Å². The Labute approximate surface area is 81.8 Å². The average Bonchev–Trinajstić information content (AvgIpc) is 2.59. The first-order chi connectivity index (χ1) is 6.31. The molecule has 13 heavy (non-hydrogen) atoms. The van der Waals surface area contributed by atoms with Crippen LogP contribution in [-0.4, -0.2) is 6.61 Å². The summed E-state index contributed by atoms with van der Waals surface area (Å²) in [6.07, 6.45) is 1.01. The van der Waals surface area contributed by atoms with Crippen LogP contribution >= 0.6 is 11.3 Å². The largest absolute Gasteiger partial charge is 0.376 e. The molecule has 1 atom stereocenters. The molecule has 1 unspecified atom stereocenters. The first-order valence-electron chi connectivity index (χ1n) is 4.40. The van der Waals surface area contributed by atoms with Crippen molar-refractivity contribution in [3.05, 3.63) is 21.4 Å². The third kappa shape index (κ3) is 1.60. The molecule has 2 heterocycles. The van der Waals surface area contributed by atoms with Crippen LogP contribution in [-0.2, 0) is 17.8 Å². The molecular formula is C10H11NOS. The van der Waals surface area contributed by atoms with Crippen LogP contribution in [0.3, 0.4) is 0 Å². The number of hydrogen-bond acceptors (Lipinski definition) is 3. The zero-order chi connectivity index (χ0) is 9.26. The molecule has 0 bridgehead atoms. The fourth-order valence-corrected chi connectivity index (χ4v) is 2.60. The van der Waals surface area contributed by atoms with Gasteiger partial charge in [0.05, 0.1) is 25.2 Å². The van der Waals surface area contributed by atoms with Crippen molar-refractivity contribution in [3.63, 3.8) is 0 Å². The highest BCUT2D eigenvalue weighted by molar-refractivity contribution is 7.12. The van der Waals surface area contributed by atoms with E-state index in [4.69, 9.17) is 10.00 Å². The monoisotopic (exact) mass is 193 g/mol. The second kappa shape index (κ2) is 3.49. The lowest BCUT2D eigenvalue weighted by Crippen LogP contribution is -2.05. The smallest absolute Gasteiger partial charge is 0.0778 e. The molecule has 1 aliphatic heterocycles. The Bertz CT molecular complexity index is 327. The first kappa shape index (κ1) is 8.74. The summed E-state index contributed by atoms with van der Waals surface area (Å²) in [5.41, 5.74) is 1.29. The van der Waals surface area contributed by atoms with E-state index in [0.29, 0.717) is 0 Å². The van der Waals surface area contributed by atoms with Crippen LogP contribution in [0.25, 0.3) is 0 Å². The number of nitrogens with zero attached hydrogens (tertiary/aromatic N) is 1. The molecule has 0 saturated heterocycles. The number of hydrogen-bond donors (Lipinski definition) is 0. The van der Waals surface area contributed by atoms with Crippen molar-refractivity contribution in [2.45, 2.75) is 25.9 Å². The van der Waals surface area contributed by atoms with E-state index in [9.17, 15) is 0 Å². The van der Waals surface area contributed by atoms with E-state index >= 15 is 0 Å². The lowest BCUT2D eigenvalue weighted by Gasteiger charge is -2.10. The maximum absolute atomic E-state index is 8.77. The minimum atomic E-state index is 0.0237. The molecule has 3 heteroatoms. The van der Waals surface area contributed by atoms with Crippen molar-refractivity contribution in [3.8, 4) is 6.07 Å². The molecule has 2 rings (SSSR count). The Balaban J connectivity index is 2.31. The SMILES string of the molecule is CC(C#N)c1cc2c(s1)CCOC2. The van der Waals surface area contributed by atoms with E-state index < -0.39 is 0 Å². The van der Waals surface area contributed by atoms with Gasteiger partial charge >= 0.3 is 0 Å². The van der Waals surface area contributed by atoms with E-state index in [1.54, 1.807) is 11.3 Å². The predicted molar refractivity (Wildman–Crippen MR) is 51.7 cm³/mol. The second-order valence-electron chi connectivity index (χ2n) is 3.25. The van der Waals surface area contributed by atoms with Gasteiger partial charge in [-0.05, 0) is 18.6 Å². The Morgan fingerprint density at radius 2 is 2.54 bits per heavy atom. The van der Waals surface area contributed by atoms with Gasteiger partial charge in [0.1, 0.15) is 0 Å². The topological polar surface area (TPSA) is 33.0 Å². The lowest BCUT2D eigenvalue weighted by molar-refractivity contribution is 0.112. The van der Waals surface area contributed by atoms with Gasteiger partial charge < -0.3 is 4.74 Å². The highest BCUT2D eigenvalue weighted by Crippen LogP contribution is 2.31. The zero-order valence-electron chi connectivity index (χ0n) is 7.54. The summed E-state index contributed by atoms with van der Waals surface area (Å²) in [5, 5.41) is 8.77. The Hall–Kier alpha value is -0.850. The molecule has 1 aromatic rings. The van der Waals surface area contributed by atoms with Gasteiger partial charge in [0, 0.05) is 16.2 Å². The molecule has 0 amide bonds. The Morgan fingerprint density at radius 3 is 3.23 bits per heavy atom. The van der Waals surface area contributed by atoms with Crippen LogP contribution in [0, 0.1) is 11.3 Å². The van der Waals surface area contributed by atoms with Crippen molar-refractivity contribution < 1.29 is 4.74 Å². The van der Waals surface area contributed by atoms with Gasteiger partial charge in [-0.25, -0.2) is 0 Å². The fraction of sp³-hybridized carbons (Fsp3) is 0.500. The molecule has 0 N–H and O–H groups in total. The summed E-state index contributed by atoms with van der Waals surface area (Å²) in [6, 6.07) is 4.38. The first-order valence-corrected chi connectivity index (χ1v) is 5.21. The fourth-order valence-electron chi connectivity index (χ4n) is 1.45. The summed E-state index contributed by atoms with van der Waals surface area (Å²) < 4.78 is 5.35. The van der Waals surface area contributed by atoms with Crippen molar-refractivity contribution in [2.24, 2.45) is 0 Å². The van der Waals surface area contributed by atoms with Crippen LogP contribution in [0.15, 0.2) is 6.07 Å². The number of rotatable bonds is 1. The molecule has 0 fully saturated rings. The van der Waals surface area contributed by atoms with Gasteiger partial charge in [-0.1, -0.05) is 0 Å². The van der Waals surface area contributed by atoms with Crippen molar-refractivity contribution in [1.29, 1.82) is 5.26 Å². The van der Waals surface area contributed by atoms with Crippen molar-refractivity contribution in [1.82, 2.24) is 0 Å². The molecule has 0 aromatic carbocycles. The highest BCUT2D eigenvalue weighted by Gasteiger charge is 2.16. The molecule has 0 spiro atoms. The number of fused-ring (bicyclic) bond motifs is 1. The number of ether oxygens (including phenoxy) is 1. The van der Waals surface area contributed by atoms with Gasteiger partial charge in [-0.15, -0.1) is 11.3 Å². The van der Waals surface area contributed by atoms with Gasteiger partial charge in [-0.2, -0.15) is 5.26 Å². The van der Waals surface area contributed by atoms with Gasteiger partial charge in [0.2, 0.25) is 0 Å². The highest BCUT2D eigenvalue weighted by atomic mass is 32.1. The van der Waals surface area contributed by atoms with E-state index in [-0.39, 0.29) is 5.92 Å². The third-order valence-corrected chi connectivity index (χ3v) is 3.69. The Kier molecular flexibility index (Phi) is 2.34. The summed E-state index contributed by atoms with van der Waals surface area (Å²) in [5.74, 6) is 0.0237. The summed E-state index contributed by atoms with van der Waals surface area (Å²) >= 11 is 1.77. The van der Waals surface area contributed by atoms with Gasteiger partial charge in [-0.3, -0.25) is 0 Å². The van der Waals surface area contributed by atoms with E-state index in [0.717, 1.165) is 19.6 Å². The minimum absolute atomic E-state index is 0.0237. The van der Waals surface area contributed by atoms with E-state index in [1.807, 2.05) is 6.92 Å². The molecular weight excluding hydrogens is 182 g/mol. The van der Waals surface area contributed by atoms with E-state index in [2.05, 4.69) is 12.1 Å². The van der Waals surface area contributed by atoms with Crippen LogP contribution in [0.1, 0.15) is 28.2 Å². The average molecular weight is 193 g/mol. The molecule has 0 aliphatic carbocycles. The van der Waals surface area contributed by atoms with Crippen LogP contribution in [0.2, 0.25) is 0 Å². The summed E-state index contributed by atoms with van der Waals surface area (Å²) in [4.78, 5) is 2.58. The van der Waals surface area contributed by atoms with Crippen molar-refractivity contribution in [2.75, 3.05) is 6.61 Å². The predicted octanol–water partition coefficient (Wildman–Crippen LogP) is 2.45. The molecule has 2 nitrogen and oxygen atoms in total. The summed E-state index contributed by atoms with van der Waals surface area (Å²) in [7, 11) is 0. The quantitative estimate of drug-likeness (QED) is 0.686. The number of nitriles is 1.